The van der Waals surface area contributed by atoms with Crippen molar-refractivity contribution in [3.05, 3.63) is 41.6 Å². The van der Waals surface area contributed by atoms with Gasteiger partial charge in [-0.25, -0.2) is 11.1 Å². The van der Waals surface area contributed by atoms with Crippen molar-refractivity contribution in [1.82, 2.24) is 5.32 Å². The number of hydrogen-bond donors (Lipinski definition) is 4. The van der Waals surface area contributed by atoms with E-state index in [-0.39, 0.29) is 0 Å². The van der Waals surface area contributed by atoms with Crippen LogP contribution in [0.2, 0.25) is 0 Å². The molecule has 0 radical (unpaired) electrons. The third-order valence-corrected chi connectivity index (χ3v) is 2.66. The van der Waals surface area contributed by atoms with Crippen molar-refractivity contribution in [3.63, 3.8) is 0 Å². The average Bonchev–Trinajstić information content (AvgIpc) is 2.51. The number of benzene rings is 1. The lowest BCUT2D eigenvalue weighted by molar-refractivity contribution is 0.611. The SMILES string of the molecule is CCc1ccc(/C(C)=C/NCC(C)C)cc1.CN.N=N. The third kappa shape index (κ3) is 9.28. The van der Waals surface area contributed by atoms with Crippen LogP contribution in [0.25, 0.3) is 5.57 Å². The van der Waals surface area contributed by atoms with E-state index in [1.54, 1.807) is 0 Å². The lowest BCUT2D eigenvalue weighted by Crippen LogP contribution is -2.13. The van der Waals surface area contributed by atoms with E-state index in [1.165, 1.54) is 23.7 Å². The molecule has 4 nitrogen and oxygen atoms in total. The van der Waals surface area contributed by atoms with E-state index in [0.717, 1.165) is 13.0 Å². The van der Waals surface area contributed by atoms with Gasteiger partial charge in [0.05, 0.1) is 0 Å². The van der Waals surface area contributed by atoms with E-state index in [0.29, 0.717) is 5.92 Å². The van der Waals surface area contributed by atoms with Crippen molar-refractivity contribution in [3.8, 4) is 0 Å². The van der Waals surface area contributed by atoms with E-state index in [1.807, 2.05) is 0 Å². The summed E-state index contributed by atoms with van der Waals surface area (Å²) in [5.41, 5.74) is 18.5. The molecule has 0 unspecified atom stereocenters. The molecule has 0 amide bonds. The van der Waals surface area contributed by atoms with Gasteiger partial charge in [-0.1, -0.05) is 45.0 Å². The maximum Gasteiger partial charge on any atom is 0.0164 e. The van der Waals surface area contributed by atoms with E-state index < -0.39 is 0 Å². The Morgan fingerprint density at radius 1 is 1.20 bits per heavy atom. The summed E-state index contributed by atoms with van der Waals surface area (Å²) in [6, 6.07) is 8.80. The lowest BCUT2D eigenvalue weighted by Gasteiger charge is -2.07. The molecule has 0 heterocycles. The molecule has 1 rings (SSSR count). The van der Waals surface area contributed by atoms with Crippen molar-refractivity contribution in [1.29, 1.82) is 11.1 Å². The molecule has 4 heteroatoms. The molecular formula is C16H30N4. The first-order chi connectivity index (χ1) is 9.63. The van der Waals surface area contributed by atoms with Crippen molar-refractivity contribution in [2.24, 2.45) is 11.7 Å². The van der Waals surface area contributed by atoms with Crippen LogP contribution in [0.4, 0.5) is 0 Å². The average molecular weight is 278 g/mol. The predicted octanol–water partition coefficient (Wildman–Crippen LogP) is 4.03. The highest BCUT2D eigenvalue weighted by Crippen LogP contribution is 2.14. The molecule has 114 valence electrons. The number of rotatable bonds is 5. The third-order valence-electron chi connectivity index (χ3n) is 2.66. The summed E-state index contributed by atoms with van der Waals surface area (Å²) in [5.74, 6) is 0.687. The summed E-state index contributed by atoms with van der Waals surface area (Å²) < 4.78 is 0. The van der Waals surface area contributed by atoms with Crippen molar-refractivity contribution in [2.75, 3.05) is 13.6 Å². The highest BCUT2D eigenvalue weighted by Gasteiger charge is 1.96. The number of allylic oxidation sites excluding steroid dienone is 1. The Labute approximate surface area is 123 Å². The Kier molecular flexibility index (Phi) is 14.2. The predicted molar refractivity (Wildman–Crippen MR) is 87.9 cm³/mol. The number of nitrogens with two attached hydrogens (primary N) is 1. The molecule has 1 aromatic rings. The lowest BCUT2D eigenvalue weighted by atomic mass is 10.1. The van der Waals surface area contributed by atoms with Crippen LogP contribution in [-0.2, 0) is 6.42 Å². The van der Waals surface area contributed by atoms with Crippen LogP contribution >= 0.6 is 0 Å². The molecule has 1 aromatic carbocycles. The number of nitrogens with one attached hydrogen (secondary N) is 3. The maximum atomic E-state index is 5.00. The Balaban J connectivity index is 0. The van der Waals surface area contributed by atoms with E-state index in [2.05, 4.69) is 69.2 Å². The van der Waals surface area contributed by atoms with Gasteiger partial charge in [-0.2, -0.15) is 0 Å². The van der Waals surface area contributed by atoms with Gasteiger partial charge in [-0.15, -0.1) is 0 Å². The van der Waals surface area contributed by atoms with Gasteiger partial charge in [0.1, 0.15) is 0 Å². The second-order valence-electron chi connectivity index (χ2n) is 4.68. The minimum atomic E-state index is 0.687. The molecule has 0 aromatic heterocycles. The monoisotopic (exact) mass is 278 g/mol. The van der Waals surface area contributed by atoms with Crippen molar-refractivity contribution < 1.29 is 0 Å². The summed E-state index contributed by atoms with van der Waals surface area (Å²) in [7, 11) is 1.50. The molecule has 0 saturated carbocycles. The molecule has 20 heavy (non-hydrogen) atoms. The Morgan fingerprint density at radius 3 is 2.10 bits per heavy atom. The second kappa shape index (κ2) is 13.7. The Morgan fingerprint density at radius 2 is 1.70 bits per heavy atom. The summed E-state index contributed by atoms with van der Waals surface area (Å²) in [6.07, 6.45) is 3.22. The topological polar surface area (TPSA) is 85.8 Å². The van der Waals surface area contributed by atoms with Gasteiger partial charge in [-0.05, 0) is 49.2 Å². The summed E-state index contributed by atoms with van der Waals surface area (Å²) in [5, 5.41) is 3.35. The van der Waals surface area contributed by atoms with Crippen molar-refractivity contribution >= 4 is 5.57 Å². The minimum Gasteiger partial charge on any atom is -0.390 e. The highest BCUT2D eigenvalue weighted by atomic mass is 14.8. The van der Waals surface area contributed by atoms with Crippen LogP contribution in [-0.4, -0.2) is 13.6 Å². The summed E-state index contributed by atoms with van der Waals surface area (Å²) in [4.78, 5) is 0. The molecule has 0 spiro atoms. The molecule has 0 aliphatic carbocycles. The Hall–Kier alpha value is -1.68. The molecular weight excluding hydrogens is 248 g/mol. The molecule has 0 saturated heterocycles. The fraction of sp³-hybridized carbons (Fsp3) is 0.500. The van der Waals surface area contributed by atoms with Crippen LogP contribution in [0.1, 0.15) is 38.8 Å². The van der Waals surface area contributed by atoms with Gasteiger partial charge >= 0.3 is 0 Å². The largest absolute Gasteiger partial charge is 0.390 e. The maximum absolute atomic E-state index is 5.00. The first kappa shape index (κ1) is 20.6. The summed E-state index contributed by atoms with van der Waals surface area (Å²) in [6.45, 7) is 9.79. The van der Waals surface area contributed by atoms with Gasteiger partial charge in [0, 0.05) is 6.54 Å². The zero-order valence-corrected chi connectivity index (χ0v) is 13.5. The molecule has 0 bridgehead atoms. The molecule has 0 aliphatic heterocycles. The highest BCUT2D eigenvalue weighted by molar-refractivity contribution is 5.63. The van der Waals surface area contributed by atoms with Crippen LogP contribution in [0.5, 0.6) is 0 Å². The quantitative estimate of drug-likeness (QED) is 0.613. The van der Waals surface area contributed by atoms with Gasteiger partial charge in [0.25, 0.3) is 0 Å². The van der Waals surface area contributed by atoms with Gasteiger partial charge in [0.2, 0.25) is 0 Å². The molecule has 0 atom stereocenters. The van der Waals surface area contributed by atoms with Gasteiger partial charge < -0.3 is 11.1 Å². The number of aryl methyl sites for hydroxylation is 1. The van der Waals surface area contributed by atoms with Crippen LogP contribution < -0.4 is 11.1 Å². The zero-order valence-electron chi connectivity index (χ0n) is 13.5. The van der Waals surface area contributed by atoms with Crippen LogP contribution in [0, 0.1) is 17.0 Å². The normalized spacial score (nSPS) is 10.1. The van der Waals surface area contributed by atoms with Gasteiger partial charge in [0.15, 0.2) is 0 Å². The van der Waals surface area contributed by atoms with Crippen LogP contribution in [0.3, 0.4) is 0 Å². The first-order valence-corrected chi connectivity index (χ1v) is 6.95. The zero-order chi connectivity index (χ0) is 16.0. The smallest absolute Gasteiger partial charge is 0.0164 e. The van der Waals surface area contributed by atoms with E-state index in [9.17, 15) is 0 Å². The van der Waals surface area contributed by atoms with E-state index in [4.69, 9.17) is 11.1 Å². The minimum absolute atomic E-state index is 0.687. The Bertz CT molecular complexity index is 355. The van der Waals surface area contributed by atoms with E-state index >= 15 is 0 Å². The molecule has 5 N–H and O–H groups in total. The molecule has 0 fully saturated rings. The number of hydrogen-bond acceptors (Lipinski definition) is 4. The van der Waals surface area contributed by atoms with Gasteiger partial charge in [-0.3, -0.25) is 0 Å². The van der Waals surface area contributed by atoms with Crippen molar-refractivity contribution in [2.45, 2.75) is 34.1 Å². The second-order valence-corrected chi connectivity index (χ2v) is 4.68. The fourth-order valence-corrected chi connectivity index (χ4v) is 1.53. The fourth-order valence-electron chi connectivity index (χ4n) is 1.53. The summed E-state index contributed by atoms with van der Waals surface area (Å²) >= 11 is 0. The molecule has 0 aliphatic rings. The standard InChI is InChI=1S/C15H23N.CH5N.H2N2/c1-5-14-6-8-15(9-7-14)13(4)11-16-10-12(2)3;2*1-2/h6-9,11-12,16H,5,10H2,1-4H3;2H2,1H3;1-2H/b13-11+;;. The van der Waals surface area contributed by atoms with Crippen LogP contribution in [0.15, 0.2) is 30.5 Å². The first-order valence-electron chi connectivity index (χ1n) is 6.95.